The maximum atomic E-state index is 9.22. The molecule has 0 aromatic heterocycles. The topological polar surface area (TPSA) is 54.0 Å². The van der Waals surface area contributed by atoms with E-state index in [0.717, 1.165) is 36.3 Å². The van der Waals surface area contributed by atoms with Crippen molar-refractivity contribution in [2.24, 2.45) is 0 Å². The number of ether oxygens (including phenoxy) is 2. The molecule has 118 valence electrons. The minimum atomic E-state index is -0.0899. The molecule has 2 rings (SSSR count). The van der Waals surface area contributed by atoms with Gasteiger partial charge in [0.05, 0.1) is 25.9 Å². The number of anilines is 1. The van der Waals surface area contributed by atoms with Crippen LogP contribution in [0.15, 0.2) is 22.7 Å². The highest BCUT2D eigenvalue weighted by Crippen LogP contribution is 2.25. The van der Waals surface area contributed by atoms with Crippen molar-refractivity contribution in [2.75, 3.05) is 51.5 Å². The van der Waals surface area contributed by atoms with Crippen molar-refractivity contribution in [2.45, 2.75) is 12.6 Å². The molecule has 5 nitrogen and oxygen atoms in total. The molecule has 0 bridgehead atoms. The number of aliphatic hydroxyl groups is 1. The number of benzene rings is 1. The minimum absolute atomic E-state index is 0.0686. The SMILES string of the molecule is COCCNCc1ccc(N2CCOC(CO)C2)cc1Br. The summed E-state index contributed by atoms with van der Waals surface area (Å²) in [5, 5.41) is 12.6. The van der Waals surface area contributed by atoms with E-state index in [-0.39, 0.29) is 12.7 Å². The van der Waals surface area contributed by atoms with Crippen LogP contribution in [0.5, 0.6) is 0 Å². The summed E-state index contributed by atoms with van der Waals surface area (Å²) >= 11 is 3.64. The van der Waals surface area contributed by atoms with Gasteiger partial charge >= 0.3 is 0 Å². The van der Waals surface area contributed by atoms with Gasteiger partial charge in [0.1, 0.15) is 0 Å². The lowest BCUT2D eigenvalue weighted by Crippen LogP contribution is -2.44. The van der Waals surface area contributed by atoms with Crippen molar-refractivity contribution in [1.29, 1.82) is 0 Å². The number of hydrogen-bond donors (Lipinski definition) is 2. The van der Waals surface area contributed by atoms with Crippen molar-refractivity contribution in [1.82, 2.24) is 5.32 Å². The molecule has 1 aliphatic heterocycles. The van der Waals surface area contributed by atoms with E-state index in [4.69, 9.17) is 9.47 Å². The molecule has 0 radical (unpaired) electrons. The van der Waals surface area contributed by atoms with Gasteiger partial charge in [0, 0.05) is 43.4 Å². The Morgan fingerprint density at radius 2 is 2.38 bits per heavy atom. The first-order valence-corrected chi connectivity index (χ1v) is 7.99. The van der Waals surface area contributed by atoms with Gasteiger partial charge in [-0.1, -0.05) is 22.0 Å². The highest BCUT2D eigenvalue weighted by Gasteiger charge is 2.20. The second kappa shape index (κ2) is 8.70. The number of nitrogens with zero attached hydrogens (tertiary/aromatic N) is 1. The molecule has 0 spiro atoms. The van der Waals surface area contributed by atoms with Crippen molar-refractivity contribution < 1.29 is 14.6 Å². The van der Waals surface area contributed by atoms with Crippen LogP contribution in [0.4, 0.5) is 5.69 Å². The van der Waals surface area contributed by atoms with E-state index in [1.54, 1.807) is 7.11 Å². The van der Waals surface area contributed by atoms with Crippen molar-refractivity contribution in [3.8, 4) is 0 Å². The number of rotatable bonds is 7. The van der Waals surface area contributed by atoms with Crippen LogP contribution in [0.2, 0.25) is 0 Å². The van der Waals surface area contributed by atoms with E-state index in [1.165, 1.54) is 5.56 Å². The summed E-state index contributed by atoms with van der Waals surface area (Å²) in [6.45, 7) is 4.68. The molecule has 1 aliphatic rings. The van der Waals surface area contributed by atoms with Crippen molar-refractivity contribution in [3.63, 3.8) is 0 Å². The van der Waals surface area contributed by atoms with Gasteiger partial charge in [0.15, 0.2) is 0 Å². The summed E-state index contributed by atoms with van der Waals surface area (Å²) in [7, 11) is 1.70. The molecule has 1 atom stereocenters. The molecule has 0 amide bonds. The Morgan fingerprint density at radius 1 is 1.52 bits per heavy atom. The summed E-state index contributed by atoms with van der Waals surface area (Å²) in [6, 6.07) is 6.38. The maximum Gasteiger partial charge on any atom is 0.0980 e. The largest absolute Gasteiger partial charge is 0.394 e. The molecule has 1 unspecified atom stereocenters. The van der Waals surface area contributed by atoms with E-state index >= 15 is 0 Å². The molecule has 0 saturated carbocycles. The molecule has 6 heteroatoms. The molecule has 21 heavy (non-hydrogen) atoms. The van der Waals surface area contributed by atoms with Crippen LogP contribution in [0.25, 0.3) is 0 Å². The monoisotopic (exact) mass is 358 g/mol. The fraction of sp³-hybridized carbons (Fsp3) is 0.600. The first-order chi connectivity index (χ1) is 10.2. The van der Waals surface area contributed by atoms with Crippen LogP contribution in [0, 0.1) is 0 Å². The third-order valence-electron chi connectivity index (χ3n) is 3.54. The third-order valence-corrected chi connectivity index (χ3v) is 4.28. The highest BCUT2D eigenvalue weighted by molar-refractivity contribution is 9.10. The molecule has 1 aromatic rings. The number of halogens is 1. The van der Waals surface area contributed by atoms with Crippen LogP contribution >= 0.6 is 15.9 Å². The average Bonchev–Trinajstić information content (AvgIpc) is 2.53. The molecule has 0 aliphatic carbocycles. The average molecular weight is 359 g/mol. The number of hydrogen-bond acceptors (Lipinski definition) is 5. The Hall–Kier alpha value is -0.660. The van der Waals surface area contributed by atoms with E-state index in [1.807, 2.05) is 0 Å². The molecule has 1 fully saturated rings. The Labute approximate surface area is 134 Å². The van der Waals surface area contributed by atoms with Gasteiger partial charge in [-0.2, -0.15) is 0 Å². The fourth-order valence-corrected chi connectivity index (χ4v) is 2.84. The normalized spacial score (nSPS) is 19.0. The van der Waals surface area contributed by atoms with Gasteiger partial charge in [-0.15, -0.1) is 0 Å². The second-order valence-corrected chi connectivity index (χ2v) is 5.92. The molecule has 1 saturated heterocycles. The Kier molecular flexibility index (Phi) is 6.92. The third kappa shape index (κ3) is 4.93. The minimum Gasteiger partial charge on any atom is -0.394 e. The van der Waals surface area contributed by atoms with Crippen LogP contribution < -0.4 is 10.2 Å². The summed E-state index contributed by atoms with van der Waals surface area (Å²) in [6.07, 6.45) is -0.0899. The zero-order valence-corrected chi connectivity index (χ0v) is 13.9. The first-order valence-electron chi connectivity index (χ1n) is 7.20. The molecular weight excluding hydrogens is 336 g/mol. The lowest BCUT2D eigenvalue weighted by Gasteiger charge is -2.34. The molecular formula is C15H23BrN2O3. The van der Waals surface area contributed by atoms with E-state index in [2.05, 4.69) is 44.3 Å². The van der Waals surface area contributed by atoms with Crippen molar-refractivity contribution in [3.05, 3.63) is 28.2 Å². The van der Waals surface area contributed by atoms with Gasteiger partial charge < -0.3 is 24.8 Å². The first kappa shape index (κ1) is 16.7. The van der Waals surface area contributed by atoms with Crippen LogP contribution in [0.1, 0.15) is 5.56 Å². The Morgan fingerprint density at radius 3 is 3.10 bits per heavy atom. The van der Waals surface area contributed by atoms with Crippen LogP contribution in [-0.4, -0.2) is 57.8 Å². The lowest BCUT2D eigenvalue weighted by molar-refractivity contribution is 0.00356. The summed E-state index contributed by atoms with van der Waals surface area (Å²) < 4.78 is 11.6. The standard InChI is InChI=1S/C15H23BrN2O3/c1-20-6-4-17-9-12-2-3-13(8-15(12)16)18-5-7-21-14(10-18)11-19/h2-3,8,14,17,19H,4-7,9-11H2,1H3. The summed E-state index contributed by atoms with van der Waals surface area (Å²) in [4.78, 5) is 2.25. The molecule has 1 heterocycles. The predicted molar refractivity (Wildman–Crippen MR) is 86.8 cm³/mol. The van der Waals surface area contributed by atoms with Crippen molar-refractivity contribution >= 4 is 21.6 Å². The Bertz CT molecular complexity index is 445. The quantitative estimate of drug-likeness (QED) is 0.721. The Balaban J connectivity index is 1.94. The number of methoxy groups -OCH3 is 1. The second-order valence-electron chi connectivity index (χ2n) is 5.07. The zero-order chi connectivity index (χ0) is 15.1. The fourth-order valence-electron chi connectivity index (χ4n) is 2.34. The number of morpholine rings is 1. The predicted octanol–water partition coefficient (Wildman–Crippen LogP) is 1.38. The summed E-state index contributed by atoms with van der Waals surface area (Å²) in [5.41, 5.74) is 2.38. The van der Waals surface area contributed by atoms with Crippen LogP contribution in [0.3, 0.4) is 0 Å². The highest BCUT2D eigenvalue weighted by atomic mass is 79.9. The molecule has 1 aromatic carbocycles. The number of nitrogens with one attached hydrogen (secondary N) is 1. The van der Waals surface area contributed by atoms with E-state index in [0.29, 0.717) is 13.2 Å². The van der Waals surface area contributed by atoms with E-state index in [9.17, 15) is 5.11 Å². The van der Waals surface area contributed by atoms with E-state index < -0.39 is 0 Å². The van der Waals surface area contributed by atoms with Gasteiger partial charge in [-0.25, -0.2) is 0 Å². The lowest BCUT2D eigenvalue weighted by atomic mass is 10.1. The molecule has 2 N–H and O–H groups in total. The van der Waals surface area contributed by atoms with Gasteiger partial charge in [-0.3, -0.25) is 0 Å². The number of aliphatic hydroxyl groups excluding tert-OH is 1. The van der Waals surface area contributed by atoms with Gasteiger partial charge in [0.25, 0.3) is 0 Å². The zero-order valence-electron chi connectivity index (χ0n) is 12.3. The van der Waals surface area contributed by atoms with Crippen LogP contribution in [-0.2, 0) is 16.0 Å². The smallest absolute Gasteiger partial charge is 0.0980 e. The van der Waals surface area contributed by atoms with Gasteiger partial charge in [0.2, 0.25) is 0 Å². The summed E-state index contributed by atoms with van der Waals surface area (Å²) in [5.74, 6) is 0. The van der Waals surface area contributed by atoms with Gasteiger partial charge in [-0.05, 0) is 17.7 Å². The maximum absolute atomic E-state index is 9.22.